The molecule has 1 unspecified atom stereocenters. The number of hydrogen-bond acceptors (Lipinski definition) is 3. The molecule has 0 fully saturated rings. The summed E-state index contributed by atoms with van der Waals surface area (Å²) in [5.74, 6) is 1.22. The van der Waals surface area contributed by atoms with Gasteiger partial charge in [-0.3, -0.25) is 9.79 Å². The molecule has 0 aromatic heterocycles. The zero-order valence-electron chi connectivity index (χ0n) is 17.2. The minimum absolute atomic E-state index is 0.0191. The first-order valence-corrected chi connectivity index (χ1v) is 9.44. The average molecular weight is 359 g/mol. The molecule has 0 spiro atoms. The first-order valence-electron chi connectivity index (χ1n) is 9.44. The van der Waals surface area contributed by atoms with Crippen LogP contribution in [0.2, 0.25) is 0 Å². The van der Waals surface area contributed by atoms with Crippen molar-refractivity contribution in [3.05, 3.63) is 42.5 Å². The highest BCUT2D eigenvalue weighted by Gasteiger charge is 2.18. The highest BCUT2D eigenvalue weighted by molar-refractivity contribution is 6.02. The highest BCUT2D eigenvalue weighted by Crippen LogP contribution is 2.16. The van der Waals surface area contributed by atoms with Crippen LogP contribution in [0.5, 0.6) is 5.75 Å². The van der Waals surface area contributed by atoms with Gasteiger partial charge in [-0.15, -0.1) is 0 Å². The topological polar surface area (TPSA) is 41.9 Å². The molecule has 0 saturated carbocycles. The molecule has 4 nitrogen and oxygen atoms in total. The summed E-state index contributed by atoms with van der Waals surface area (Å²) in [7, 11) is 1.82. The van der Waals surface area contributed by atoms with Crippen molar-refractivity contribution in [3.63, 3.8) is 0 Å². The summed E-state index contributed by atoms with van der Waals surface area (Å²) in [5, 5.41) is 0. The van der Waals surface area contributed by atoms with Gasteiger partial charge >= 0.3 is 0 Å². The van der Waals surface area contributed by atoms with E-state index in [2.05, 4.69) is 27.4 Å². The van der Waals surface area contributed by atoms with Crippen LogP contribution in [0.4, 0.5) is 0 Å². The fourth-order valence-electron chi connectivity index (χ4n) is 2.45. The molecule has 26 heavy (non-hydrogen) atoms. The van der Waals surface area contributed by atoms with E-state index in [9.17, 15) is 4.79 Å². The molecule has 0 aliphatic rings. The van der Waals surface area contributed by atoms with Gasteiger partial charge in [0, 0.05) is 25.4 Å². The van der Waals surface area contributed by atoms with E-state index >= 15 is 0 Å². The number of nitrogens with zero attached hydrogens (tertiary/aromatic N) is 2. The number of rotatable bonds is 10. The molecule has 0 aliphatic carbocycles. The summed E-state index contributed by atoms with van der Waals surface area (Å²) in [5.41, 5.74) is 1.89. The lowest BCUT2D eigenvalue weighted by molar-refractivity contribution is -0.132. The van der Waals surface area contributed by atoms with Gasteiger partial charge in [-0.2, -0.15) is 0 Å². The summed E-state index contributed by atoms with van der Waals surface area (Å²) >= 11 is 0. The van der Waals surface area contributed by atoms with Crippen LogP contribution in [0.1, 0.15) is 41.0 Å². The van der Waals surface area contributed by atoms with E-state index in [4.69, 9.17) is 9.73 Å². The van der Waals surface area contributed by atoms with Crippen LogP contribution < -0.4 is 4.74 Å². The second-order valence-corrected chi connectivity index (χ2v) is 7.21. The molecule has 1 amide bonds. The summed E-state index contributed by atoms with van der Waals surface area (Å²) in [6, 6.07) is 9.83. The van der Waals surface area contributed by atoms with Crippen molar-refractivity contribution in [2.24, 2.45) is 16.8 Å². The molecule has 0 aliphatic heterocycles. The Morgan fingerprint density at radius 2 is 1.81 bits per heavy atom. The number of amides is 1. The first-order chi connectivity index (χ1) is 12.3. The summed E-state index contributed by atoms with van der Waals surface area (Å²) in [6.45, 7) is 15.4. The van der Waals surface area contributed by atoms with Gasteiger partial charge < -0.3 is 9.64 Å². The minimum Gasteiger partial charge on any atom is -0.490 e. The van der Waals surface area contributed by atoms with Crippen molar-refractivity contribution in [3.8, 4) is 5.75 Å². The van der Waals surface area contributed by atoms with E-state index in [1.54, 1.807) is 4.90 Å². The van der Waals surface area contributed by atoms with Crippen LogP contribution in [-0.2, 0) is 4.79 Å². The van der Waals surface area contributed by atoms with Crippen LogP contribution >= 0.6 is 0 Å². The van der Waals surface area contributed by atoms with Gasteiger partial charge in [-0.1, -0.05) is 52.5 Å². The second kappa shape index (κ2) is 10.8. The second-order valence-electron chi connectivity index (χ2n) is 7.21. The summed E-state index contributed by atoms with van der Waals surface area (Å²) < 4.78 is 5.99. The third-order valence-electron chi connectivity index (χ3n) is 4.53. The lowest BCUT2D eigenvalue weighted by atomic mass is 10.1. The maximum atomic E-state index is 12.2. The van der Waals surface area contributed by atoms with E-state index < -0.39 is 0 Å². The molecule has 2 atom stereocenters. The van der Waals surface area contributed by atoms with Crippen molar-refractivity contribution in [1.29, 1.82) is 0 Å². The fraction of sp³-hybridized carbons (Fsp3) is 0.545. The Bertz CT molecular complexity index is 608. The van der Waals surface area contributed by atoms with Crippen molar-refractivity contribution in [2.45, 2.75) is 47.1 Å². The van der Waals surface area contributed by atoms with E-state index in [0.717, 1.165) is 23.5 Å². The van der Waals surface area contributed by atoms with Crippen molar-refractivity contribution < 1.29 is 9.53 Å². The quantitative estimate of drug-likeness (QED) is 0.573. The van der Waals surface area contributed by atoms with E-state index in [1.807, 2.05) is 51.2 Å². The Morgan fingerprint density at radius 3 is 2.35 bits per heavy atom. The summed E-state index contributed by atoms with van der Waals surface area (Å²) in [6.07, 6.45) is 0.875. The SMILES string of the molecule is C=C(CC)C(CN(C)C(=O)C(C)C)=NC[C@@H](C)C(C)Oc1ccccc1. The third-order valence-corrected chi connectivity index (χ3v) is 4.53. The zero-order valence-corrected chi connectivity index (χ0v) is 17.2. The monoisotopic (exact) mass is 358 g/mol. The molecule has 1 aromatic rings. The van der Waals surface area contributed by atoms with E-state index in [1.165, 1.54) is 0 Å². The van der Waals surface area contributed by atoms with Crippen molar-refractivity contribution in [2.75, 3.05) is 20.1 Å². The van der Waals surface area contributed by atoms with Gasteiger partial charge in [0.1, 0.15) is 11.9 Å². The van der Waals surface area contributed by atoms with E-state index in [-0.39, 0.29) is 23.8 Å². The molecule has 0 heterocycles. The van der Waals surface area contributed by atoms with Crippen LogP contribution in [0.15, 0.2) is 47.5 Å². The Morgan fingerprint density at radius 1 is 1.19 bits per heavy atom. The number of benzene rings is 1. The standard InChI is InChI=1S/C22H34N2O2/c1-8-17(4)21(15-24(7)22(25)16(2)3)23-14-18(5)19(6)26-20-12-10-9-11-13-20/h9-13,16,18-19H,4,8,14-15H2,1-3,5-7H3/t18-,19?/m1/s1. The Hall–Kier alpha value is -2.10. The first kappa shape index (κ1) is 21.9. The molecule has 1 rings (SSSR count). The minimum atomic E-state index is -0.0191. The zero-order chi connectivity index (χ0) is 19.7. The normalized spacial score (nSPS) is 14.0. The lowest BCUT2D eigenvalue weighted by Crippen LogP contribution is -2.35. The Balaban J connectivity index is 2.73. The predicted molar refractivity (Wildman–Crippen MR) is 110 cm³/mol. The third kappa shape index (κ3) is 7.03. The van der Waals surface area contributed by atoms with Gasteiger partial charge in [0.15, 0.2) is 0 Å². The molecule has 144 valence electrons. The molecular weight excluding hydrogens is 324 g/mol. The number of carbonyl (C=O) groups is 1. The number of ether oxygens (including phenoxy) is 1. The maximum Gasteiger partial charge on any atom is 0.225 e. The van der Waals surface area contributed by atoms with Gasteiger partial charge in [0.2, 0.25) is 5.91 Å². The molecule has 4 heteroatoms. The van der Waals surface area contributed by atoms with Gasteiger partial charge in [0.25, 0.3) is 0 Å². The van der Waals surface area contributed by atoms with Crippen molar-refractivity contribution >= 4 is 11.6 Å². The van der Waals surface area contributed by atoms with Gasteiger partial charge in [-0.25, -0.2) is 0 Å². The molecule has 0 bridgehead atoms. The fourth-order valence-corrected chi connectivity index (χ4v) is 2.45. The van der Waals surface area contributed by atoms with Crippen LogP contribution in [0, 0.1) is 11.8 Å². The molecule has 1 aromatic carbocycles. The molecule has 0 saturated heterocycles. The predicted octanol–water partition coefficient (Wildman–Crippen LogP) is 4.61. The largest absolute Gasteiger partial charge is 0.490 e. The highest BCUT2D eigenvalue weighted by atomic mass is 16.5. The molecular formula is C22H34N2O2. The Labute approximate surface area is 159 Å². The van der Waals surface area contributed by atoms with Gasteiger partial charge in [0.05, 0.1) is 12.3 Å². The number of para-hydroxylation sites is 1. The molecule has 0 N–H and O–H groups in total. The number of hydrogen-bond donors (Lipinski definition) is 0. The average Bonchev–Trinajstić information content (AvgIpc) is 2.63. The van der Waals surface area contributed by atoms with Gasteiger partial charge in [-0.05, 0) is 31.1 Å². The van der Waals surface area contributed by atoms with E-state index in [0.29, 0.717) is 13.1 Å². The van der Waals surface area contributed by atoms with Crippen molar-refractivity contribution in [1.82, 2.24) is 4.90 Å². The molecule has 0 radical (unpaired) electrons. The van der Waals surface area contributed by atoms with Crippen LogP contribution in [0.3, 0.4) is 0 Å². The number of aliphatic imine (C=N–C) groups is 1. The maximum absolute atomic E-state index is 12.2. The van der Waals surface area contributed by atoms with Crippen LogP contribution in [-0.4, -0.2) is 42.8 Å². The lowest BCUT2D eigenvalue weighted by Gasteiger charge is -2.23. The van der Waals surface area contributed by atoms with Crippen LogP contribution in [0.25, 0.3) is 0 Å². The summed E-state index contributed by atoms with van der Waals surface area (Å²) in [4.78, 5) is 18.7. The smallest absolute Gasteiger partial charge is 0.225 e. The number of carbonyl (C=O) groups excluding carboxylic acids is 1. The Kier molecular flexibility index (Phi) is 9.11.